The van der Waals surface area contributed by atoms with Crippen molar-refractivity contribution < 1.29 is 0 Å². The number of nitrogens with zero attached hydrogens (tertiary/aromatic N) is 1. The number of amidine groups is 1. The maximum absolute atomic E-state index is 5.85. The van der Waals surface area contributed by atoms with Gasteiger partial charge in [0.15, 0.2) is 0 Å². The van der Waals surface area contributed by atoms with Crippen LogP contribution >= 0.6 is 39.1 Å². The SMILES string of the molecule is NC(CCl)=Nc1ccc(Br)c(Cl)c1. The third-order valence-electron chi connectivity index (χ3n) is 1.31. The summed E-state index contributed by atoms with van der Waals surface area (Å²) in [7, 11) is 0. The second-order valence-corrected chi connectivity index (χ2v) is 3.86. The highest BCUT2D eigenvalue weighted by molar-refractivity contribution is 9.10. The lowest BCUT2D eigenvalue weighted by molar-refractivity contribution is 1.45. The molecule has 0 radical (unpaired) electrons. The van der Waals surface area contributed by atoms with Crippen molar-refractivity contribution in [3.63, 3.8) is 0 Å². The molecule has 0 heterocycles. The number of benzene rings is 1. The van der Waals surface area contributed by atoms with E-state index < -0.39 is 0 Å². The van der Waals surface area contributed by atoms with Crippen molar-refractivity contribution in [3.05, 3.63) is 27.7 Å². The van der Waals surface area contributed by atoms with Crippen molar-refractivity contribution in [2.75, 3.05) is 5.88 Å². The van der Waals surface area contributed by atoms with Crippen LogP contribution in [0.2, 0.25) is 5.02 Å². The molecule has 2 N–H and O–H groups in total. The summed E-state index contributed by atoms with van der Waals surface area (Å²) in [5.74, 6) is 0.591. The number of nitrogens with two attached hydrogens (primary N) is 1. The summed E-state index contributed by atoms with van der Waals surface area (Å²) < 4.78 is 0.831. The van der Waals surface area contributed by atoms with Crippen molar-refractivity contribution in [2.24, 2.45) is 10.7 Å². The van der Waals surface area contributed by atoms with Gasteiger partial charge in [-0.05, 0) is 34.1 Å². The number of alkyl halides is 1. The van der Waals surface area contributed by atoms with Crippen LogP contribution in [0.3, 0.4) is 0 Å². The third kappa shape index (κ3) is 3.18. The van der Waals surface area contributed by atoms with E-state index in [4.69, 9.17) is 28.9 Å². The van der Waals surface area contributed by atoms with Crippen LogP contribution in [0.25, 0.3) is 0 Å². The fourth-order valence-corrected chi connectivity index (χ4v) is 1.23. The van der Waals surface area contributed by atoms with Crippen molar-refractivity contribution in [2.45, 2.75) is 0 Å². The monoisotopic (exact) mass is 280 g/mol. The molecule has 0 fully saturated rings. The van der Waals surface area contributed by atoms with E-state index in [-0.39, 0.29) is 5.88 Å². The lowest BCUT2D eigenvalue weighted by atomic mass is 10.3. The van der Waals surface area contributed by atoms with E-state index in [2.05, 4.69) is 20.9 Å². The van der Waals surface area contributed by atoms with Crippen LogP contribution in [0.15, 0.2) is 27.7 Å². The zero-order valence-corrected chi connectivity index (χ0v) is 9.70. The highest BCUT2D eigenvalue weighted by Crippen LogP contribution is 2.26. The first-order valence-corrected chi connectivity index (χ1v) is 5.18. The number of rotatable bonds is 2. The number of halogens is 3. The Hall–Kier alpha value is -0.250. The van der Waals surface area contributed by atoms with Gasteiger partial charge in [-0.2, -0.15) is 0 Å². The minimum absolute atomic E-state index is 0.216. The maximum Gasteiger partial charge on any atom is 0.115 e. The molecule has 0 spiro atoms. The molecule has 0 aliphatic rings. The van der Waals surface area contributed by atoms with Gasteiger partial charge in [-0.15, -0.1) is 11.6 Å². The summed E-state index contributed by atoms with van der Waals surface area (Å²) in [6.45, 7) is 0. The molecule has 0 bridgehead atoms. The number of aliphatic imine (C=N–C) groups is 1. The topological polar surface area (TPSA) is 38.4 Å². The van der Waals surface area contributed by atoms with Gasteiger partial charge in [-0.3, -0.25) is 0 Å². The zero-order valence-electron chi connectivity index (χ0n) is 6.60. The first kappa shape index (κ1) is 10.8. The summed E-state index contributed by atoms with van der Waals surface area (Å²) in [6, 6.07) is 5.32. The Labute approximate surface area is 94.9 Å². The fourth-order valence-electron chi connectivity index (χ4n) is 0.750. The van der Waals surface area contributed by atoms with E-state index in [1.807, 2.05) is 6.07 Å². The molecule has 1 rings (SSSR count). The van der Waals surface area contributed by atoms with Gasteiger partial charge in [0.05, 0.1) is 16.6 Å². The Balaban J connectivity index is 2.98. The van der Waals surface area contributed by atoms with E-state index in [1.165, 1.54) is 0 Å². The molecule has 0 aliphatic carbocycles. The molecular formula is C8H7BrCl2N2. The molecule has 0 aliphatic heterocycles. The molecule has 0 atom stereocenters. The van der Waals surface area contributed by atoms with Crippen LogP contribution in [-0.4, -0.2) is 11.7 Å². The van der Waals surface area contributed by atoms with Gasteiger partial charge in [-0.1, -0.05) is 11.6 Å². The zero-order chi connectivity index (χ0) is 9.84. The minimum Gasteiger partial charge on any atom is -0.386 e. The lowest BCUT2D eigenvalue weighted by Gasteiger charge is -1.98. The molecule has 0 saturated carbocycles. The van der Waals surface area contributed by atoms with Crippen LogP contribution in [-0.2, 0) is 0 Å². The molecule has 0 amide bonds. The van der Waals surface area contributed by atoms with Crippen molar-refractivity contribution in [1.29, 1.82) is 0 Å². The molecule has 5 heteroatoms. The predicted octanol–water partition coefficient (Wildman–Crippen LogP) is 3.33. The Morgan fingerprint density at radius 2 is 2.23 bits per heavy atom. The quantitative estimate of drug-likeness (QED) is 0.504. The number of hydrogen-bond donors (Lipinski definition) is 1. The largest absolute Gasteiger partial charge is 0.386 e. The first-order valence-electron chi connectivity index (χ1n) is 3.47. The van der Waals surface area contributed by atoms with Crippen LogP contribution in [0.1, 0.15) is 0 Å². The van der Waals surface area contributed by atoms with E-state index in [9.17, 15) is 0 Å². The average molecular weight is 282 g/mol. The molecule has 13 heavy (non-hydrogen) atoms. The summed E-state index contributed by atoms with van der Waals surface area (Å²) >= 11 is 14.6. The normalized spacial score (nSPS) is 11.8. The van der Waals surface area contributed by atoms with Crippen molar-refractivity contribution in [3.8, 4) is 0 Å². The van der Waals surface area contributed by atoms with Crippen LogP contribution in [0.5, 0.6) is 0 Å². The van der Waals surface area contributed by atoms with Gasteiger partial charge < -0.3 is 5.73 Å². The molecule has 1 aromatic carbocycles. The molecule has 0 aromatic heterocycles. The van der Waals surface area contributed by atoms with Gasteiger partial charge in [0.25, 0.3) is 0 Å². The van der Waals surface area contributed by atoms with E-state index in [0.717, 1.165) is 4.47 Å². The smallest absolute Gasteiger partial charge is 0.115 e. The van der Waals surface area contributed by atoms with Crippen LogP contribution in [0.4, 0.5) is 5.69 Å². The van der Waals surface area contributed by atoms with Crippen LogP contribution in [0, 0.1) is 0 Å². The lowest BCUT2D eigenvalue weighted by Crippen LogP contribution is -2.12. The molecule has 1 aromatic rings. The average Bonchev–Trinajstić information content (AvgIpc) is 2.11. The number of hydrogen-bond acceptors (Lipinski definition) is 1. The fraction of sp³-hybridized carbons (Fsp3) is 0.125. The maximum atomic E-state index is 5.85. The van der Waals surface area contributed by atoms with Gasteiger partial charge in [0.1, 0.15) is 5.84 Å². The molecular weight excluding hydrogens is 275 g/mol. The van der Waals surface area contributed by atoms with Gasteiger partial charge in [0, 0.05) is 4.47 Å². The van der Waals surface area contributed by atoms with E-state index in [1.54, 1.807) is 12.1 Å². The standard InChI is InChI=1S/C8H7BrCl2N2/c9-6-2-1-5(3-7(6)11)13-8(12)4-10/h1-3H,4H2,(H2,12,13). The van der Waals surface area contributed by atoms with Crippen molar-refractivity contribution in [1.82, 2.24) is 0 Å². The van der Waals surface area contributed by atoms with E-state index >= 15 is 0 Å². The summed E-state index contributed by atoms with van der Waals surface area (Å²) in [6.07, 6.45) is 0. The second-order valence-electron chi connectivity index (χ2n) is 2.34. The highest BCUT2D eigenvalue weighted by atomic mass is 79.9. The van der Waals surface area contributed by atoms with Crippen molar-refractivity contribution >= 4 is 50.7 Å². The van der Waals surface area contributed by atoms with Gasteiger partial charge in [-0.25, -0.2) is 4.99 Å². The predicted molar refractivity (Wildman–Crippen MR) is 61.2 cm³/mol. The summed E-state index contributed by atoms with van der Waals surface area (Å²) in [4.78, 5) is 4.04. The van der Waals surface area contributed by atoms with Crippen LogP contribution < -0.4 is 5.73 Å². The Kier molecular flexibility index (Phi) is 4.03. The molecule has 2 nitrogen and oxygen atoms in total. The Bertz CT molecular complexity index is 339. The first-order chi connectivity index (χ1) is 6.13. The molecule has 70 valence electrons. The highest BCUT2D eigenvalue weighted by Gasteiger charge is 1.98. The minimum atomic E-state index is 0.216. The summed E-state index contributed by atoms with van der Waals surface area (Å²) in [5.41, 5.74) is 6.16. The Morgan fingerprint density at radius 3 is 2.77 bits per heavy atom. The van der Waals surface area contributed by atoms with Gasteiger partial charge in [0.2, 0.25) is 0 Å². The second kappa shape index (κ2) is 4.84. The van der Waals surface area contributed by atoms with Gasteiger partial charge >= 0.3 is 0 Å². The summed E-state index contributed by atoms with van der Waals surface area (Å²) in [5, 5.41) is 0.601. The third-order valence-corrected chi connectivity index (χ3v) is 2.82. The molecule has 0 unspecified atom stereocenters. The Morgan fingerprint density at radius 1 is 1.54 bits per heavy atom. The van der Waals surface area contributed by atoms with E-state index in [0.29, 0.717) is 16.5 Å². The molecule has 0 saturated heterocycles.